The van der Waals surface area contributed by atoms with Gasteiger partial charge in [-0.1, -0.05) is 0 Å². The van der Waals surface area contributed by atoms with E-state index in [1.807, 2.05) is 6.07 Å². The maximum Gasteiger partial charge on any atom is 0.270 e. The van der Waals surface area contributed by atoms with Crippen LogP contribution < -0.4 is 10.2 Å². The molecule has 0 bridgehead atoms. The molecule has 0 amide bonds. The van der Waals surface area contributed by atoms with Gasteiger partial charge in [-0.3, -0.25) is 10.1 Å². The third-order valence-corrected chi connectivity index (χ3v) is 4.95. The third-order valence-electron chi connectivity index (χ3n) is 4.08. The Kier molecular flexibility index (Phi) is 3.62. The molecule has 102 valence electrons. The Hall–Kier alpha value is -0.890. The predicted octanol–water partition coefficient (Wildman–Crippen LogP) is 2.39. The summed E-state index contributed by atoms with van der Waals surface area (Å²) < 4.78 is 0.963. The van der Waals surface area contributed by atoms with Gasteiger partial charge in [0.05, 0.1) is 10.6 Å². The molecule has 0 saturated carbocycles. The predicted molar refractivity (Wildman–Crippen MR) is 82.5 cm³/mol. The summed E-state index contributed by atoms with van der Waals surface area (Å²) in [6.45, 7) is 3.19. The van der Waals surface area contributed by atoms with Crippen LogP contribution in [0.4, 0.5) is 11.4 Å². The van der Waals surface area contributed by atoms with Crippen molar-refractivity contribution in [1.82, 2.24) is 5.32 Å². The van der Waals surface area contributed by atoms with E-state index in [1.165, 1.54) is 12.8 Å². The van der Waals surface area contributed by atoms with E-state index in [9.17, 15) is 10.1 Å². The number of piperidine rings is 1. The fourth-order valence-corrected chi connectivity index (χ4v) is 3.95. The van der Waals surface area contributed by atoms with Gasteiger partial charge in [0, 0.05) is 34.8 Å². The molecular formula is C13H16IN3O2. The Morgan fingerprint density at radius 2 is 2.26 bits per heavy atom. The quantitative estimate of drug-likeness (QED) is 0.492. The van der Waals surface area contributed by atoms with Crippen LogP contribution in [0, 0.1) is 19.6 Å². The highest BCUT2D eigenvalue weighted by Gasteiger charge is 2.34. The zero-order valence-electron chi connectivity index (χ0n) is 10.5. The fraction of sp³-hybridized carbons (Fsp3) is 0.538. The first-order valence-corrected chi connectivity index (χ1v) is 7.65. The van der Waals surface area contributed by atoms with Gasteiger partial charge in [0.2, 0.25) is 0 Å². The van der Waals surface area contributed by atoms with Gasteiger partial charge in [0.1, 0.15) is 0 Å². The molecule has 6 heteroatoms. The highest BCUT2D eigenvalue weighted by molar-refractivity contribution is 14.1. The Balaban J connectivity index is 1.81. The zero-order chi connectivity index (χ0) is 13.4. The van der Waals surface area contributed by atoms with Crippen LogP contribution in [0.1, 0.15) is 12.8 Å². The summed E-state index contributed by atoms with van der Waals surface area (Å²) in [6.07, 6.45) is 2.55. The molecule has 2 atom stereocenters. The van der Waals surface area contributed by atoms with E-state index < -0.39 is 0 Å². The minimum Gasteiger partial charge on any atom is -0.369 e. The van der Waals surface area contributed by atoms with Crippen LogP contribution in [-0.4, -0.2) is 30.6 Å². The normalized spacial score (nSPS) is 26.3. The lowest BCUT2D eigenvalue weighted by Gasteiger charge is -2.24. The van der Waals surface area contributed by atoms with Crippen LogP contribution in [0.5, 0.6) is 0 Å². The van der Waals surface area contributed by atoms with E-state index in [1.54, 1.807) is 12.1 Å². The topological polar surface area (TPSA) is 58.4 Å². The lowest BCUT2D eigenvalue weighted by Crippen LogP contribution is -2.40. The van der Waals surface area contributed by atoms with Crippen molar-refractivity contribution in [3.8, 4) is 0 Å². The molecule has 2 heterocycles. The maximum atomic E-state index is 10.8. The summed E-state index contributed by atoms with van der Waals surface area (Å²) in [6, 6.07) is 5.73. The lowest BCUT2D eigenvalue weighted by molar-refractivity contribution is -0.384. The Morgan fingerprint density at radius 1 is 1.42 bits per heavy atom. The Bertz CT molecular complexity index is 495. The first kappa shape index (κ1) is 13.1. The van der Waals surface area contributed by atoms with Gasteiger partial charge in [0.15, 0.2) is 0 Å². The first-order valence-electron chi connectivity index (χ1n) is 6.57. The second-order valence-corrected chi connectivity index (χ2v) is 6.42. The lowest BCUT2D eigenvalue weighted by atomic mass is 9.94. The average molecular weight is 373 g/mol. The second-order valence-electron chi connectivity index (χ2n) is 5.26. The monoisotopic (exact) mass is 373 g/mol. The van der Waals surface area contributed by atoms with Crippen LogP contribution in [0.15, 0.2) is 18.2 Å². The highest BCUT2D eigenvalue weighted by Crippen LogP contribution is 2.33. The molecule has 19 heavy (non-hydrogen) atoms. The molecule has 0 radical (unpaired) electrons. The summed E-state index contributed by atoms with van der Waals surface area (Å²) in [5, 5.41) is 14.3. The molecular weight excluding hydrogens is 357 g/mol. The smallest absolute Gasteiger partial charge is 0.270 e. The molecule has 0 unspecified atom stereocenters. The number of nitro benzene ring substituents is 1. The van der Waals surface area contributed by atoms with E-state index in [-0.39, 0.29) is 10.6 Å². The van der Waals surface area contributed by atoms with Gasteiger partial charge >= 0.3 is 0 Å². The summed E-state index contributed by atoms with van der Waals surface area (Å²) in [4.78, 5) is 12.8. The number of hydrogen-bond acceptors (Lipinski definition) is 4. The standard InChI is InChI=1S/C13H16IN3O2/c14-11-6-10(17(18)19)3-4-13(11)16-7-9-2-1-5-15-12(9)8-16/h3-4,6,9,12,15H,1-2,5,7-8H2/t9-,12+/m0/s1. The van der Waals surface area contributed by atoms with Crippen molar-refractivity contribution >= 4 is 34.0 Å². The highest BCUT2D eigenvalue weighted by atomic mass is 127. The van der Waals surface area contributed by atoms with Crippen molar-refractivity contribution in [3.05, 3.63) is 31.9 Å². The second kappa shape index (κ2) is 5.24. The van der Waals surface area contributed by atoms with Crippen LogP contribution in [0.3, 0.4) is 0 Å². The molecule has 1 aromatic rings. The van der Waals surface area contributed by atoms with Crippen molar-refractivity contribution in [2.45, 2.75) is 18.9 Å². The number of benzene rings is 1. The van der Waals surface area contributed by atoms with Crippen LogP contribution in [0.2, 0.25) is 0 Å². The van der Waals surface area contributed by atoms with Crippen LogP contribution >= 0.6 is 22.6 Å². The molecule has 3 rings (SSSR count). The average Bonchev–Trinajstić information content (AvgIpc) is 2.81. The van der Waals surface area contributed by atoms with Crippen molar-refractivity contribution < 1.29 is 4.92 Å². The van der Waals surface area contributed by atoms with Gasteiger partial charge in [0.25, 0.3) is 5.69 Å². The van der Waals surface area contributed by atoms with E-state index in [2.05, 4.69) is 32.8 Å². The summed E-state index contributed by atoms with van der Waals surface area (Å²) in [5.41, 5.74) is 1.30. The molecule has 2 aliphatic rings. The Morgan fingerprint density at radius 3 is 2.95 bits per heavy atom. The number of halogens is 1. The summed E-state index contributed by atoms with van der Waals surface area (Å²) >= 11 is 2.20. The zero-order valence-corrected chi connectivity index (χ0v) is 12.7. The number of rotatable bonds is 2. The molecule has 0 aliphatic carbocycles. The molecule has 0 spiro atoms. The van der Waals surface area contributed by atoms with Gasteiger partial charge in [-0.05, 0) is 54.0 Å². The van der Waals surface area contributed by atoms with Gasteiger partial charge in [-0.15, -0.1) is 0 Å². The summed E-state index contributed by atoms with van der Waals surface area (Å²) in [5.74, 6) is 0.722. The number of anilines is 1. The number of nitrogens with zero attached hydrogens (tertiary/aromatic N) is 2. The number of non-ortho nitro benzene ring substituents is 1. The van der Waals surface area contributed by atoms with E-state index in [4.69, 9.17) is 0 Å². The fourth-order valence-electron chi connectivity index (χ4n) is 3.11. The summed E-state index contributed by atoms with van der Waals surface area (Å²) in [7, 11) is 0. The minimum absolute atomic E-state index is 0.169. The SMILES string of the molecule is O=[N+]([O-])c1ccc(N2C[C@@H]3CCCN[C@@H]3C2)c(I)c1. The van der Waals surface area contributed by atoms with Crippen LogP contribution in [0.25, 0.3) is 0 Å². The van der Waals surface area contributed by atoms with E-state index in [0.29, 0.717) is 6.04 Å². The van der Waals surface area contributed by atoms with E-state index in [0.717, 1.165) is 34.8 Å². The molecule has 0 aromatic heterocycles. The van der Waals surface area contributed by atoms with Crippen molar-refractivity contribution in [3.63, 3.8) is 0 Å². The number of nitrogens with one attached hydrogen (secondary N) is 1. The van der Waals surface area contributed by atoms with E-state index >= 15 is 0 Å². The third kappa shape index (κ3) is 2.55. The molecule has 2 fully saturated rings. The van der Waals surface area contributed by atoms with Gasteiger partial charge in [-0.2, -0.15) is 0 Å². The van der Waals surface area contributed by atoms with Crippen molar-refractivity contribution in [1.29, 1.82) is 0 Å². The van der Waals surface area contributed by atoms with Gasteiger partial charge < -0.3 is 10.2 Å². The van der Waals surface area contributed by atoms with Crippen molar-refractivity contribution in [2.75, 3.05) is 24.5 Å². The molecule has 1 aromatic carbocycles. The number of nitro groups is 1. The number of fused-ring (bicyclic) bond motifs is 1. The molecule has 2 aliphatic heterocycles. The number of hydrogen-bond donors (Lipinski definition) is 1. The molecule has 1 N–H and O–H groups in total. The minimum atomic E-state index is -0.336. The maximum absolute atomic E-state index is 10.8. The molecule has 5 nitrogen and oxygen atoms in total. The first-order chi connectivity index (χ1) is 9.15. The van der Waals surface area contributed by atoms with Crippen molar-refractivity contribution in [2.24, 2.45) is 5.92 Å². The Labute approximate surface area is 125 Å². The molecule has 2 saturated heterocycles. The van der Waals surface area contributed by atoms with Crippen LogP contribution in [-0.2, 0) is 0 Å². The van der Waals surface area contributed by atoms with Gasteiger partial charge in [-0.25, -0.2) is 0 Å². The largest absolute Gasteiger partial charge is 0.369 e.